The molecule has 0 N–H and O–H groups in total. The summed E-state index contributed by atoms with van der Waals surface area (Å²) in [4.78, 5) is 25.1. The number of carbonyl (C=O) groups is 2. The molecule has 6 heteroatoms. The zero-order valence-corrected chi connectivity index (χ0v) is 15.1. The Balaban J connectivity index is 2.08. The van der Waals surface area contributed by atoms with Crippen LogP contribution >= 0.6 is 11.6 Å². The second-order valence-corrected chi connectivity index (χ2v) is 6.72. The minimum Gasteiger partial charge on any atom is -0.496 e. The number of ether oxygens (including phenoxy) is 1. The Hall–Kier alpha value is -2.71. The monoisotopic (exact) mass is 388 g/mol. The minimum atomic E-state index is -1.04. The van der Waals surface area contributed by atoms with Gasteiger partial charge in [-0.2, -0.15) is 0 Å². The normalized spacial score (nSPS) is 19.2. The van der Waals surface area contributed by atoms with Crippen LogP contribution in [0, 0.1) is 29.9 Å². The van der Waals surface area contributed by atoms with Crippen LogP contribution in [-0.4, -0.2) is 18.7 Å². The van der Waals surface area contributed by atoms with Crippen molar-refractivity contribution in [2.75, 3.05) is 7.11 Å². The smallest absolute Gasteiger partial charge is 0.159 e. The largest absolute Gasteiger partial charge is 0.496 e. The van der Waals surface area contributed by atoms with Crippen molar-refractivity contribution in [3.63, 3.8) is 0 Å². The van der Waals surface area contributed by atoms with Gasteiger partial charge in [0.15, 0.2) is 17.4 Å². The van der Waals surface area contributed by atoms with E-state index in [0.29, 0.717) is 11.1 Å². The maximum absolute atomic E-state index is 13.5. The van der Waals surface area contributed by atoms with E-state index in [0.717, 1.165) is 12.1 Å². The summed E-state index contributed by atoms with van der Waals surface area (Å²) in [5, 5.41) is 0.141. The van der Waals surface area contributed by atoms with Crippen molar-refractivity contribution < 1.29 is 23.1 Å². The average Bonchev–Trinajstić information content (AvgIpc) is 2.91. The van der Waals surface area contributed by atoms with Crippen LogP contribution in [0.3, 0.4) is 0 Å². The maximum Gasteiger partial charge on any atom is 0.159 e. The van der Waals surface area contributed by atoms with Gasteiger partial charge in [-0.15, -0.1) is 12.3 Å². The molecule has 0 spiro atoms. The van der Waals surface area contributed by atoms with Crippen LogP contribution in [0.15, 0.2) is 30.3 Å². The van der Waals surface area contributed by atoms with E-state index in [2.05, 4.69) is 5.92 Å². The van der Waals surface area contributed by atoms with Gasteiger partial charge in [-0.3, -0.25) is 9.59 Å². The molecule has 0 aromatic heterocycles. The highest BCUT2D eigenvalue weighted by molar-refractivity contribution is 6.33. The molecule has 0 bridgehead atoms. The molecule has 1 aliphatic carbocycles. The number of halogens is 3. The second-order valence-electron chi connectivity index (χ2n) is 6.31. The van der Waals surface area contributed by atoms with Crippen molar-refractivity contribution in [2.45, 2.75) is 18.8 Å². The number of rotatable bonds is 4. The summed E-state index contributed by atoms with van der Waals surface area (Å²) in [6, 6.07) is 6.49. The summed E-state index contributed by atoms with van der Waals surface area (Å²) < 4.78 is 32.1. The molecule has 1 fully saturated rings. The first-order valence-electron chi connectivity index (χ1n) is 8.20. The molecule has 0 aliphatic heterocycles. The van der Waals surface area contributed by atoms with Gasteiger partial charge in [-0.05, 0) is 35.4 Å². The van der Waals surface area contributed by atoms with Crippen molar-refractivity contribution in [1.82, 2.24) is 0 Å². The molecule has 2 aromatic carbocycles. The van der Waals surface area contributed by atoms with Gasteiger partial charge in [-0.1, -0.05) is 17.7 Å². The maximum atomic E-state index is 13.5. The number of terminal acetylenes is 1. The summed E-state index contributed by atoms with van der Waals surface area (Å²) in [6.07, 6.45) is 5.53. The number of hydrogen-bond acceptors (Lipinski definition) is 3. The molecule has 2 atom stereocenters. The predicted molar refractivity (Wildman–Crippen MR) is 97.7 cm³/mol. The number of carbonyl (C=O) groups excluding carboxylic acids is 2. The van der Waals surface area contributed by atoms with Crippen LogP contribution in [0.4, 0.5) is 8.78 Å². The van der Waals surface area contributed by atoms with Crippen molar-refractivity contribution in [3.8, 4) is 29.2 Å². The lowest BCUT2D eigenvalue weighted by atomic mass is 9.91. The third-order valence-corrected chi connectivity index (χ3v) is 4.99. The summed E-state index contributed by atoms with van der Waals surface area (Å²) in [7, 11) is 1.38. The Kier molecular flexibility index (Phi) is 5.29. The van der Waals surface area contributed by atoms with Gasteiger partial charge >= 0.3 is 0 Å². The van der Waals surface area contributed by atoms with E-state index in [4.69, 9.17) is 22.8 Å². The van der Waals surface area contributed by atoms with Crippen LogP contribution in [-0.2, 0) is 9.59 Å². The van der Waals surface area contributed by atoms with E-state index in [1.54, 1.807) is 6.07 Å². The van der Waals surface area contributed by atoms with E-state index in [-0.39, 0.29) is 40.7 Å². The van der Waals surface area contributed by atoms with Crippen molar-refractivity contribution in [3.05, 3.63) is 52.6 Å². The van der Waals surface area contributed by atoms with E-state index in [1.165, 1.54) is 19.2 Å². The van der Waals surface area contributed by atoms with Gasteiger partial charge in [0, 0.05) is 29.3 Å². The lowest BCUT2D eigenvalue weighted by Gasteiger charge is -2.17. The summed E-state index contributed by atoms with van der Waals surface area (Å²) >= 11 is 6.38. The molecule has 3 rings (SSSR count). The molecule has 3 nitrogen and oxygen atoms in total. The Morgan fingerprint density at radius 1 is 1.19 bits per heavy atom. The fraction of sp³-hybridized carbons (Fsp3) is 0.238. The molecule has 0 amide bonds. The number of hydrogen-bond donors (Lipinski definition) is 0. The highest BCUT2D eigenvalue weighted by Gasteiger charge is 2.43. The summed E-state index contributed by atoms with van der Waals surface area (Å²) in [5.41, 5.74) is 1.13. The van der Waals surface area contributed by atoms with E-state index < -0.39 is 23.5 Å². The first kappa shape index (κ1) is 19.1. The molecule has 27 heavy (non-hydrogen) atoms. The molecular weight excluding hydrogens is 374 g/mol. The number of methoxy groups -OCH3 is 1. The van der Waals surface area contributed by atoms with Crippen LogP contribution in [0.2, 0.25) is 5.02 Å². The zero-order valence-electron chi connectivity index (χ0n) is 14.4. The highest BCUT2D eigenvalue weighted by atomic mass is 35.5. The van der Waals surface area contributed by atoms with Crippen LogP contribution in [0.5, 0.6) is 5.75 Å². The predicted octanol–water partition coefficient (Wildman–Crippen LogP) is 4.56. The fourth-order valence-corrected chi connectivity index (χ4v) is 3.68. The number of ketones is 2. The fourth-order valence-electron chi connectivity index (χ4n) is 3.36. The van der Waals surface area contributed by atoms with Gasteiger partial charge in [0.05, 0.1) is 7.11 Å². The lowest BCUT2D eigenvalue weighted by Crippen LogP contribution is -2.16. The van der Waals surface area contributed by atoms with Crippen LogP contribution < -0.4 is 4.74 Å². The molecule has 2 aromatic rings. The molecular formula is C21H15ClF2O3. The Morgan fingerprint density at radius 2 is 1.93 bits per heavy atom. The zero-order chi connectivity index (χ0) is 19.7. The molecule has 0 saturated heterocycles. The van der Waals surface area contributed by atoms with Gasteiger partial charge in [-0.25, -0.2) is 8.78 Å². The van der Waals surface area contributed by atoms with Gasteiger partial charge in [0.25, 0.3) is 0 Å². The Bertz CT molecular complexity index is 978. The van der Waals surface area contributed by atoms with Crippen molar-refractivity contribution in [2.24, 2.45) is 5.92 Å². The molecule has 1 unspecified atom stereocenters. The third-order valence-electron chi connectivity index (χ3n) is 4.67. The number of benzene rings is 2. The summed E-state index contributed by atoms with van der Waals surface area (Å²) in [5.74, 6) is -1.42. The topological polar surface area (TPSA) is 43.4 Å². The second kappa shape index (κ2) is 7.50. The lowest BCUT2D eigenvalue weighted by molar-refractivity contribution is -0.124. The molecule has 138 valence electrons. The standard InChI is InChI=1S/C21H15ClF2O3/c1-3-4-12-9-17(25)20(21(12)26)19-14(22)7-13(10-18(19)27-2)11-5-6-15(23)16(24)8-11/h1,5-8,10,12,20H,4,9H2,2H3/t12-,20?/m1/s1. The van der Waals surface area contributed by atoms with Crippen molar-refractivity contribution >= 4 is 23.2 Å². The van der Waals surface area contributed by atoms with Crippen molar-refractivity contribution in [1.29, 1.82) is 0 Å². The van der Waals surface area contributed by atoms with E-state index >= 15 is 0 Å². The highest BCUT2D eigenvalue weighted by Crippen LogP contribution is 2.43. The first-order chi connectivity index (χ1) is 12.9. The molecule has 0 radical (unpaired) electrons. The van der Waals surface area contributed by atoms with Gasteiger partial charge in [0.1, 0.15) is 17.5 Å². The van der Waals surface area contributed by atoms with E-state index in [1.807, 2.05) is 0 Å². The molecule has 1 aliphatic rings. The van der Waals surface area contributed by atoms with Gasteiger partial charge < -0.3 is 4.74 Å². The molecule has 0 heterocycles. The minimum absolute atomic E-state index is 0.0676. The summed E-state index contributed by atoms with van der Waals surface area (Å²) in [6.45, 7) is 0. The van der Waals surface area contributed by atoms with Crippen LogP contribution in [0.25, 0.3) is 11.1 Å². The third kappa shape index (κ3) is 3.45. The first-order valence-corrected chi connectivity index (χ1v) is 8.58. The number of Topliss-reactive ketones (excluding diaryl/α,β-unsaturated/α-hetero) is 2. The average molecular weight is 389 g/mol. The Labute approximate surface area is 160 Å². The Morgan fingerprint density at radius 3 is 2.56 bits per heavy atom. The van der Waals surface area contributed by atoms with Crippen LogP contribution in [0.1, 0.15) is 24.3 Å². The van der Waals surface area contributed by atoms with E-state index in [9.17, 15) is 18.4 Å². The SMILES string of the molecule is C#CC[C@@H]1CC(=O)C(c2c(Cl)cc(-c3ccc(F)c(F)c3)cc2OC)C1=O. The van der Waals surface area contributed by atoms with Gasteiger partial charge in [0.2, 0.25) is 0 Å². The quantitative estimate of drug-likeness (QED) is 0.569. The molecule has 1 saturated carbocycles.